The molecule has 5 heteroatoms. The van der Waals surface area contributed by atoms with Crippen LogP contribution in [0.1, 0.15) is 52.7 Å². The van der Waals surface area contributed by atoms with Gasteiger partial charge >= 0.3 is 0 Å². The first-order chi connectivity index (χ1) is 13.1. The Labute approximate surface area is 168 Å². The smallest absolute Gasteiger partial charge is 0.223 e. The number of hydrogen-bond donors (Lipinski definition) is 2. The molecule has 1 atom stereocenters. The van der Waals surface area contributed by atoms with Gasteiger partial charge in [0.05, 0.1) is 12.6 Å². The van der Waals surface area contributed by atoms with Crippen molar-refractivity contribution in [1.82, 2.24) is 10.6 Å². The lowest BCUT2D eigenvalue weighted by molar-refractivity contribution is -0.130. The van der Waals surface area contributed by atoms with Crippen molar-refractivity contribution in [2.45, 2.75) is 54.0 Å². The van der Waals surface area contributed by atoms with Crippen LogP contribution in [0.2, 0.25) is 0 Å². The number of nitrogens with one attached hydrogen (secondary N) is 2. The van der Waals surface area contributed by atoms with E-state index in [0.29, 0.717) is 13.0 Å². The van der Waals surface area contributed by atoms with Crippen molar-refractivity contribution < 1.29 is 14.4 Å². The Morgan fingerprint density at radius 3 is 2.14 bits per heavy atom. The van der Waals surface area contributed by atoms with Crippen LogP contribution in [0.3, 0.4) is 0 Å². The molecule has 0 aromatic heterocycles. The minimum atomic E-state index is -0.552. The zero-order chi connectivity index (χ0) is 21.3. The maximum atomic E-state index is 12.5. The van der Waals surface area contributed by atoms with Gasteiger partial charge < -0.3 is 10.6 Å². The average Bonchev–Trinajstić information content (AvgIpc) is 2.63. The highest BCUT2D eigenvalue weighted by molar-refractivity contribution is 5.90. The minimum absolute atomic E-state index is 0.0156. The fraction of sp³-hybridized carbons (Fsp3) is 0.522. The molecular formula is C23H32N2O3. The van der Waals surface area contributed by atoms with E-state index in [4.69, 9.17) is 0 Å². The van der Waals surface area contributed by atoms with Crippen molar-refractivity contribution in [3.8, 4) is 11.8 Å². The summed E-state index contributed by atoms with van der Waals surface area (Å²) in [5, 5.41) is 5.62. The number of carbonyl (C=O) groups excluding carboxylic acids is 3. The van der Waals surface area contributed by atoms with Crippen LogP contribution in [-0.2, 0) is 20.8 Å². The largest absolute Gasteiger partial charge is 0.346 e. The maximum Gasteiger partial charge on any atom is 0.223 e. The van der Waals surface area contributed by atoms with Crippen LogP contribution in [0.25, 0.3) is 0 Å². The fourth-order valence-electron chi connectivity index (χ4n) is 2.46. The zero-order valence-corrected chi connectivity index (χ0v) is 17.8. The Bertz CT molecular complexity index is 755. The van der Waals surface area contributed by atoms with Gasteiger partial charge in [-0.3, -0.25) is 14.4 Å². The number of Topliss-reactive ketones (excluding diaryl/α,β-unsaturated/α-hetero) is 1. The molecule has 0 saturated carbocycles. The van der Waals surface area contributed by atoms with Crippen LogP contribution in [-0.4, -0.2) is 30.2 Å². The summed E-state index contributed by atoms with van der Waals surface area (Å²) >= 11 is 0. The Balaban J connectivity index is 2.86. The summed E-state index contributed by atoms with van der Waals surface area (Å²) in [4.78, 5) is 36.2. The molecule has 28 heavy (non-hydrogen) atoms. The predicted octanol–water partition coefficient (Wildman–Crippen LogP) is 2.72. The molecule has 5 nitrogen and oxygen atoms in total. The summed E-state index contributed by atoms with van der Waals surface area (Å²) in [5.74, 6) is 5.41. The summed E-state index contributed by atoms with van der Waals surface area (Å²) in [6, 6.07) is 7.05. The first-order valence-corrected chi connectivity index (χ1v) is 9.81. The van der Waals surface area contributed by atoms with Crippen molar-refractivity contribution in [2.24, 2.45) is 17.8 Å². The standard InChI is InChI=1S/C23H32N2O3/c1-15(2)21(26)20(25-23(28)17(5)6)14-19-10-7-9-18(13-19)11-8-12-24-22(27)16(3)4/h7,9-10,13,15-17,20H,12,14H2,1-6H3,(H,24,27)(H,25,28)/t20-/m0/s1. The van der Waals surface area contributed by atoms with Gasteiger partial charge in [0.15, 0.2) is 5.78 Å². The van der Waals surface area contributed by atoms with E-state index in [9.17, 15) is 14.4 Å². The predicted molar refractivity (Wildman–Crippen MR) is 111 cm³/mol. The molecule has 0 aliphatic carbocycles. The van der Waals surface area contributed by atoms with Gasteiger partial charge in [-0.25, -0.2) is 0 Å². The van der Waals surface area contributed by atoms with Crippen molar-refractivity contribution >= 4 is 17.6 Å². The molecule has 0 bridgehead atoms. The van der Waals surface area contributed by atoms with Crippen LogP contribution < -0.4 is 10.6 Å². The summed E-state index contributed by atoms with van der Waals surface area (Å²) < 4.78 is 0. The van der Waals surface area contributed by atoms with E-state index in [1.54, 1.807) is 13.8 Å². The Morgan fingerprint density at radius 1 is 0.929 bits per heavy atom. The van der Waals surface area contributed by atoms with Gasteiger partial charge in [-0.05, 0) is 24.1 Å². The molecular weight excluding hydrogens is 352 g/mol. The van der Waals surface area contributed by atoms with Gasteiger partial charge in [0.1, 0.15) is 0 Å². The fourth-order valence-corrected chi connectivity index (χ4v) is 2.46. The molecule has 2 N–H and O–H groups in total. The van der Waals surface area contributed by atoms with Gasteiger partial charge in [0.2, 0.25) is 11.8 Å². The van der Waals surface area contributed by atoms with E-state index in [0.717, 1.165) is 11.1 Å². The van der Waals surface area contributed by atoms with Gasteiger partial charge in [0, 0.05) is 23.3 Å². The number of amides is 2. The highest BCUT2D eigenvalue weighted by atomic mass is 16.2. The lowest BCUT2D eigenvalue weighted by Crippen LogP contribution is -2.45. The molecule has 1 rings (SSSR count). The van der Waals surface area contributed by atoms with Gasteiger partial charge in [-0.15, -0.1) is 0 Å². The lowest BCUT2D eigenvalue weighted by Gasteiger charge is -2.21. The number of benzene rings is 1. The molecule has 1 aromatic rings. The van der Waals surface area contributed by atoms with Crippen LogP contribution in [0, 0.1) is 29.6 Å². The second kappa shape index (κ2) is 11.3. The highest BCUT2D eigenvalue weighted by Gasteiger charge is 2.24. The molecule has 0 spiro atoms. The second-order valence-electron chi connectivity index (χ2n) is 7.85. The van der Waals surface area contributed by atoms with Crippen LogP contribution >= 0.6 is 0 Å². The zero-order valence-electron chi connectivity index (χ0n) is 17.8. The lowest BCUT2D eigenvalue weighted by atomic mass is 9.94. The van der Waals surface area contributed by atoms with E-state index in [-0.39, 0.29) is 35.4 Å². The third kappa shape index (κ3) is 7.96. The van der Waals surface area contributed by atoms with Crippen LogP contribution in [0.5, 0.6) is 0 Å². The number of carbonyl (C=O) groups is 3. The quantitative estimate of drug-likeness (QED) is 0.677. The van der Waals surface area contributed by atoms with Crippen molar-refractivity contribution in [3.63, 3.8) is 0 Å². The van der Waals surface area contributed by atoms with Crippen molar-refractivity contribution in [2.75, 3.05) is 6.54 Å². The third-order valence-corrected chi connectivity index (χ3v) is 4.23. The first-order valence-electron chi connectivity index (χ1n) is 9.81. The minimum Gasteiger partial charge on any atom is -0.346 e. The molecule has 0 aliphatic rings. The third-order valence-electron chi connectivity index (χ3n) is 4.23. The summed E-state index contributed by atoms with van der Waals surface area (Å²) in [6.07, 6.45) is 0.426. The maximum absolute atomic E-state index is 12.5. The Hall–Kier alpha value is -2.61. The Kier molecular flexibility index (Phi) is 9.44. The monoisotopic (exact) mass is 384 g/mol. The second-order valence-corrected chi connectivity index (χ2v) is 7.85. The molecule has 0 saturated heterocycles. The van der Waals surface area contributed by atoms with Gasteiger partial charge in [0.25, 0.3) is 0 Å². The topological polar surface area (TPSA) is 75.3 Å². The van der Waals surface area contributed by atoms with Gasteiger partial charge in [-0.1, -0.05) is 65.5 Å². The van der Waals surface area contributed by atoms with E-state index < -0.39 is 6.04 Å². The number of rotatable bonds is 8. The van der Waals surface area contributed by atoms with Crippen LogP contribution in [0.4, 0.5) is 0 Å². The molecule has 0 radical (unpaired) electrons. The van der Waals surface area contributed by atoms with Gasteiger partial charge in [-0.2, -0.15) is 0 Å². The SMILES string of the molecule is CC(C)C(=O)NCC#Cc1cccc(C[C@H](NC(=O)C(C)C)C(=O)C(C)C)c1. The van der Waals surface area contributed by atoms with Crippen LogP contribution in [0.15, 0.2) is 24.3 Å². The molecule has 0 unspecified atom stereocenters. The van der Waals surface area contributed by atoms with E-state index >= 15 is 0 Å². The summed E-state index contributed by atoms with van der Waals surface area (Å²) in [6.45, 7) is 11.2. The number of ketones is 1. The molecule has 0 aliphatic heterocycles. The van der Waals surface area contributed by atoms with E-state index in [1.807, 2.05) is 52.0 Å². The summed E-state index contributed by atoms with van der Waals surface area (Å²) in [5.41, 5.74) is 1.74. The first kappa shape index (κ1) is 23.4. The molecule has 152 valence electrons. The van der Waals surface area contributed by atoms with E-state index in [1.165, 1.54) is 0 Å². The average molecular weight is 385 g/mol. The van der Waals surface area contributed by atoms with Crippen molar-refractivity contribution in [1.29, 1.82) is 0 Å². The number of hydrogen-bond acceptors (Lipinski definition) is 3. The Morgan fingerprint density at radius 2 is 1.57 bits per heavy atom. The molecule has 0 fully saturated rings. The van der Waals surface area contributed by atoms with E-state index in [2.05, 4.69) is 22.5 Å². The molecule has 1 aromatic carbocycles. The molecule has 2 amide bonds. The normalized spacial score (nSPS) is 11.8. The van der Waals surface area contributed by atoms with Crippen molar-refractivity contribution in [3.05, 3.63) is 35.4 Å². The molecule has 0 heterocycles. The highest BCUT2D eigenvalue weighted by Crippen LogP contribution is 2.11. The summed E-state index contributed by atoms with van der Waals surface area (Å²) in [7, 11) is 0.